The van der Waals surface area contributed by atoms with E-state index in [1.165, 1.54) is 6.42 Å². The minimum absolute atomic E-state index is 0.186. The van der Waals surface area contributed by atoms with E-state index in [-0.39, 0.29) is 6.10 Å². The van der Waals surface area contributed by atoms with Gasteiger partial charge in [-0.15, -0.1) is 0 Å². The van der Waals surface area contributed by atoms with E-state index in [1.54, 1.807) is 0 Å². The Hall–Kier alpha value is -0.0800. The fraction of sp³-hybridized carbons (Fsp3) is 1.00. The molecule has 1 aliphatic heterocycles. The Morgan fingerprint density at radius 1 is 1.44 bits per heavy atom. The molecule has 0 aromatic heterocycles. The number of hydrogen-bond acceptors (Lipinski definition) is 2. The zero-order valence-electron chi connectivity index (χ0n) is 5.47. The maximum Gasteiger partial charge on any atom is 0.0909 e. The van der Waals surface area contributed by atoms with Crippen LogP contribution in [-0.4, -0.2) is 23.4 Å². The number of hydrogen-bond donors (Lipinski definition) is 1. The highest BCUT2D eigenvalue weighted by molar-refractivity contribution is 4.97. The van der Waals surface area contributed by atoms with Crippen LogP contribution in [0.4, 0.5) is 0 Å². The molecule has 0 aromatic rings. The predicted molar refractivity (Wildman–Crippen MR) is 33.2 cm³/mol. The molecule has 0 spiro atoms. The summed E-state index contributed by atoms with van der Waals surface area (Å²) in [5, 5.41) is 9.60. The van der Waals surface area contributed by atoms with Crippen LogP contribution in [0.1, 0.15) is 25.7 Å². The summed E-state index contributed by atoms with van der Waals surface area (Å²) >= 11 is 0. The molecule has 1 heterocycles. The molecule has 0 aromatic carbocycles. The summed E-state index contributed by atoms with van der Waals surface area (Å²) in [5.74, 6) is 0. The second-order valence-corrected chi connectivity index (χ2v) is 3.11. The Kier molecular flexibility index (Phi) is 1.08. The highest BCUT2D eigenvalue weighted by Crippen LogP contribution is 2.40. The summed E-state index contributed by atoms with van der Waals surface area (Å²) in [6.07, 6.45) is 4.34. The number of rotatable bonds is 1. The van der Waals surface area contributed by atoms with Gasteiger partial charge in [0.15, 0.2) is 0 Å². The van der Waals surface area contributed by atoms with Crippen LogP contribution in [0.3, 0.4) is 0 Å². The van der Waals surface area contributed by atoms with Crippen molar-refractivity contribution in [2.75, 3.05) is 6.61 Å². The third kappa shape index (κ3) is 0.700. The van der Waals surface area contributed by atoms with Crippen LogP contribution in [0.2, 0.25) is 0 Å². The fourth-order valence-corrected chi connectivity index (χ4v) is 1.52. The fourth-order valence-electron chi connectivity index (χ4n) is 1.52. The summed E-state index contributed by atoms with van der Waals surface area (Å²) in [7, 11) is 0. The zero-order valence-corrected chi connectivity index (χ0v) is 5.47. The van der Waals surface area contributed by atoms with Crippen LogP contribution < -0.4 is 0 Å². The third-order valence-electron chi connectivity index (χ3n) is 2.52. The topological polar surface area (TPSA) is 29.5 Å². The molecule has 2 rings (SSSR count). The lowest BCUT2D eigenvalue weighted by atomic mass is 9.74. The molecule has 2 nitrogen and oxygen atoms in total. The molecule has 2 fully saturated rings. The number of ether oxygens (including phenoxy) is 1. The summed E-state index contributed by atoms with van der Waals surface area (Å²) in [6.45, 7) is 0.854. The molecule has 9 heavy (non-hydrogen) atoms. The Morgan fingerprint density at radius 3 is 2.22 bits per heavy atom. The molecule has 1 saturated heterocycles. The van der Waals surface area contributed by atoms with Gasteiger partial charge in [0.25, 0.3) is 0 Å². The largest absolute Gasteiger partial charge is 0.387 e. The molecule has 0 amide bonds. The molecule has 1 atom stereocenters. The first-order valence-corrected chi connectivity index (χ1v) is 3.65. The van der Waals surface area contributed by atoms with Crippen LogP contribution in [0.5, 0.6) is 0 Å². The molecule has 2 aliphatic rings. The molecule has 52 valence electrons. The number of aliphatic hydroxyl groups is 1. The van der Waals surface area contributed by atoms with Crippen molar-refractivity contribution in [2.24, 2.45) is 0 Å². The van der Waals surface area contributed by atoms with Gasteiger partial charge in [-0.3, -0.25) is 0 Å². The van der Waals surface area contributed by atoms with Crippen molar-refractivity contribution >= 4 is 0 Å². The van der Waals surface area contributed by atoms with Gasteiger partial charge in [0.2, 0.25) is 0 Å². The standard InChI is InChI=1S/C7H12O2/c8-7(3-1-4-7)6-2-5-9-6/h6,8H,1-5H2. The highest BCUT2D eigenvalue weighted by Gasteiger charge is 2.45. The van der Waals surface area contributed by atoms with Gasteiger partial charge in [-0.25, -0.2) is 0 Å². The normalized spacial score (nSPS) is 39.0. The van der Waals surface area contributed by atoms with Gasteiger partial charge < -0.3 is 9.84 Å². The van der Waals surface area contributed by atoms with Gasteiger partial charge in [-0.1, -0.05) is 0 Å². The molecule has 1 unspecified atom stereocenters. The first kappa shape index (κ1) is 5.69. The minimum atomic E-state index is -0.405. The van der Waals surface area contributed by atoms with Gasteiger partial charge in [-0.05, 0) is 25.7 Å². The van der Waals surface area contributed by atoms with Gasteiger partial charge in [0.1, 0.15) is 0 Å². The van der Waals surface area contributed by atoms with E-state index in [0.717, 1.165) is 25.9 Å². The van der Waals surface area contributed by atoms with Gasteiger partial charge in [-0.2, -0.15) is 0 Å². The summed E-state index contributed by atoms with van der Waals surface area (Å²) in [5.41, 5.74) is -0.405. The Morgan fingerprint density at radius 2 is 2.11 bits per heavy atom. The third-order valence-corrected chi connectivity index (χ3v) is 2.52. The van der Waals surface area contributed by atoms with Gasteiger partial charge >= 0.3 is 0 Å². The maximum absolute atomic E-state index is 9.60. The lowest BCUT2D eigenvalue weighted by Gasteiger charge is -2.46. The quantitative estimate of drug-likeness (QED) is 0.563. The monoisotopic (exact) mass is 128 g/mol. The second-order valence-electron chi connectivity index (χ2n) is 3.11. The van der Waals surface area contributed by atoms with Crippen molar-refractivity contribution < 1.29 is 9.84 Å². The smallest absolute Gasteiger partial charge is 0.0909 e. The van der Waals surface area contributed by atoms with E-state index in [2.05, 4.69) is 0 Å². The molecule has 0 bridgehead atoms. The van der Waals surface area contributed by atoms with E-state index >= 15 is 0 Å². The van der Waals surface area contributed by atoms with E-state index in [1.807, 2.05) is 0 Å². The predicted octanol–water partition coefficient (Wildman–Crippen LogP) is 0.690. The van der Waals surface area contributed by atoms with Crippen molar-refractivity contribution in [1.29, 1.82) is 0 Å². The van der Waals surface area contributed by atoms with Crippen LogP contribution >= 0.6 is 0 Å². The first-order valence-electron chi connectivity index (χ1n) is 3.65. The SMILES string of the molecule is OC1(C2CCO2)CCC1. The van der Waals surface area contributed by atoms with Crippen LogP contribution in [0.25, 0.3) is 0 Å². The molecule has 0 radical (unpaired) electrons. The Labute approximate surface area is 54.8 Å². The average Bonchev–Trinajstić information content (AvgIpc) is 1.56. The van der Waals surface area contributed by atoms with Crippen molar-refractivity contribution in [2.45, 2.75) is 37.4 Å². The summed E-state index contributed by atoms with van der Waals surface area (Å²) in [6, 6.07) is 0. The van der Waals surface area contributed by atoms with Crippen LogP contribution in [-0.2, 0) is 4.74 Å². The zero-order chi connectivity index (χ0) is 6.32. The molecule has 1 saturated carbocycles. The Balaban J connectivity index is 1.94. The van der Waals surface area contributed by atoms with Crippen molar-refractivity contribution in [1.82, 2.24) is 0 Å². The van der Waals surface area contributed by atoms with E-state index in [0.29, 0.717) is 0 Å². The van der Waals surface area contributed by atoms with Gasteiger partial charge in [0.05, 0.1) is 11.7 Å². The molecular weight excluding hydrogens is 116 g/mol. The minimum Gasteiger partial charge on any atom is -0.387 e. The highest BCUT2D eigenvalue weighted by atomic mass is 16.5. The molecule has 2 heteroatoms. The first-order chi connectivity index (χ1) is 4.31. The van der Waals surface area contributed by atoms with Crippen LogP contribution in [0.15, 0.2) is 0 Å². The lowest BCUT2D eigenvalue weighted by Crippen LogP contribution is -2.54. The van der Waals surface area contributed by atoms with E-state index in [4.69, 9.17) is 4.74 Å². The van der Waals surface area contributed by atoms with E-state index < -0.39 is 5.60 Å². The van der Waals surface area contributed by atoms with Gasteiger partial charge in [0, 0.05) is 6.61 Å². The summed E-state index contributed by atoms with van der Waals surface area (Å²) < 4.78 is 5.19. The van der Waals surface area contributed by atoms with Crippen LogP contribution in [0, 0.1) is 0 Å². The van der Waals surface area contributed by atoms with E-state index in [9.17, 15) is 5.11 Å². The average molecular weight is 128 g/mol. The van der Waals surface area contributed by atoms with Crippen molar-refractivity contribution in [3.8, 4) is 0 Å². The lowest BCUT2D eigenvalue weighted by molar-refractivity contribution is -0.201. The maximum atomic E-state index is 9.60. The summed E-state index contributed by atoms with van der Waals surface area (Å²) in [4.78, 5) is 0. The molecule has 1 N–H and O–H groups in total. The molecular formula is C7H12O2. The molecule has 1 aliphatic carbocycles. The Bertz CT molecular complexity index is 114. The second kappa shape index (κ2) is 1.70. The van der Waals surface area contributed by atoms with Crippen molar-refractivity contribution in [3.63, 3.8) is 0 Å². The van der Waals surface area contributed by atoms with Crippen molar-refractivity contribution in [3.05, 3.63) is 0 Å².